The van der Waals surface area contributed by atoms with Crippen molar-refractivity contribution in [2.24, 2.45) is 0 Å². The fourth-order valence-corrected chi connectivity index (χ4v) is 5.64. The molecule has 0 aliphatic rings. The molecule has 0 bridgehead atoms. The Morgan fingerprint density at radius 1 is 1.15 bits per heavy atom. The average Bonchev–Trinajstić information content (AvgIpc) is 2.68. The average molecular weight is 654 g/mol. The molecule has 1 aromatic rings. The van der Waals surface area contributed by atoms with Crippen LogP contribution in [0.5, 0.6) is 5.75 Å². The summed E-state index contributed by atoms with van der Waals surface area (Å²) in [5, 5.41) is 14.5. The number of benzene rings is 1. The Hall–Kier alpha value is -2.72. The third-order valence-electron chi connectivity index (χ3n) is 4.13. The molecule has 0 aliphatic heterocycles. The van der Waals surface area contributed by atoms with Gasteiger partial charge in [0.15, 0.2) is 0 Å². The van der Waals surface area contributed by atoms with Crippen LogP contribution in [0.25, 0.3) is 0 Å². The van der Waals surface area contributed by atoms with Crippen molar-refractivity contribution in [3.8, 4) is 5.75 Å². The number of anilines is 1. The molecule has 27 heavy (non-hydrogen) atoms. The second-order valence-corrected chi connectivity index (χ2v) is 11.0. The molecule has 9 nitrogen and oxygen atoms in total. The predicted octanol–water partition coefficient (Wildman–Crippen LogP) is 2.70. The van der Waals surface area contributed by atoms with Gasteiger partial charge in [0.1, 0.15) is 0 Å². The van der Waals surface area contributed by atoms with Crippen molar-refractivity contribution in [1.29, 1.82) is 0 Å². The Kier molecular flexibility index (Phi) is 9.17. The van der Waals surface area contributed by atoms with E-state index in [1.54, 1.807) is 34.5 Å². The number of nitrogens with one attached hydrogen (secondary N) is 1. The molecule has 0 saturated heterocycles. The zero-order valence-electron chi connectivity index (χ0n) is 16.4. The Morgan fingerprint density at radius 2 is 1.81 bits per heavy atom. The molecule has 0 unspecified atom stereocenters. The first kappa shape index (κ1) is 22.3. The molecule has 149 valence electrons. The second kappa shape index (κ2) is 11.1. The molecule has 0 amide bonds. The van der Waals surface area contributed by atoms with Gasteiger partial charge in [0, 0.05) is 21.3 Å². The van der Waals surface area contributed by atoms with E-state index in [1.165, 1.54) is 6.07 Å². The van der Waals surface area contributed by atoms with Gasteiger partial charge in [-0.05, 0) is 0 Å². The van der Waals surface area contributed by atoms with Crippen molar-refractivity contribution in [3.05, 3.63) is 27.8 Å². The first-order valence-corrected chi connectivity index (χ1v) is 15.0. The summed E-state index contributed by atoms with van der Waals surface area (Å²) >= 11 is 0. The van der Waals surface area contributed by atoms with Gasteiger partial charge in [-0.3, -0.25) is 0 Å². The van der Waals surface area contributed by atoms with Crippen LogP contribution in [-0.2, 0) is 24.6 Å². The number of nitrogens with zero attached hydrogens (tertiary/aromatic N) is 1. The number of hydrogen-bond acceptors (Lipinski definition) is 8. The Labute approximate surface area is 155 Å². The quantitative estimate of drug-likeness (QED) is 0.142. The number of ether oxygens (including phenoxy) is 2. The molecular formula is C16H27N2O7RfSi. The SMILES string of the molecule is COc1cc(COCCCC[Si](OC)(OC)OC)c([N+](=O)[O-])cc1N[CH2][Rf]. The Morgan fingerprint density at radius 3 is 2.33 bits per heavy atom. The second-order valence-electron chi connectivity index (χ2n) is 5.67. The number of hydrogen-bond donors (Lipinski definition) is 1. The third-order valence-corrected chi connectivity index (χ3v) is 8.09. The standard InChI is InChI=1S/C16H27N2O7Si.Rf/c1-17-14-11-15(18(19)20)13(10-16(14)21-2)12-25-8-6-7-9-26(22-3,23-4)24-5;/h10-11,17H,1,6-9,12H2,2-5H3;. The van der Waals surface area contributed by atoms with Crippen molar-refractivity contribution in [2.45, 2.75) is 25.5 Å². The molecular weight excluding hydrogens is 627 g/mol. The molecule has 1 N–H and O–H groups in total. The Balaban J connectivity index is 2.62. The van der Waals surface area contributed by atoms with E-state index in [-0.39, 0.29) is 12.3 Å². The summed E-state index contributed by atoms with van der Waals surface area (Å²) in [6.45, 7) is 0.629. The molecule has 0 spiro atoms. The number of nitro groups is 1. The number of rotatable bonds is 14. The summed E-state index contributed by atoms with van der Waals surface area (Å²) in [7, 11) is 4.60. The van der Waals surface area contributed by atoms with Gasteiger partial charge in [-0.15, -0.1) is 0 Å². The normalized spacial score (nSPS) is 11.5. The molecule has 0 radical (unpaired) electrons. The van der Waals surface area contributed by atoms with E-state index >= 15 is 0 Å². The van der Waals surface area contributed by atoms with E-state index in [0.717, 1.165) is 19.9 Å². The summed E-state index contributed by atoms with van der Waals surface area (Å²) in [6.07, 6.45) is 1.59. The van der Waals surface area contributed by atoms with Crippen LogP contribution in [0.4, 0.5) is 11.4 Å². The molecule has 11 heteroatoms. The van der Waals surface area contributed by atoms with Crippen LogP contribution in [-0.4, -0.2) is 55.8 Å². The molecule has 0 saturated carbocycles. The van der Waals surface area contributed by atoms with Crippen LogP contribution in [0.1, 0.15) is 18.4 Å². The van der Waals surface area contributed by atoms with Crippen LogP contribution >= 0.6 is 0 Å². The summed E-state index contributed by atoms with van der Waals surface area (Å²) in [5.41, 5.74) is 1.18. The summed E-state index contributed by atoms with van der Waals surface area (Å²) in [6, 6.07) is 3.88. The summed E-state index contributed by atoms with van der Waals surface area (Å²) in [5.74, 6) is 0.586. The molecule has 0 aliphatic carbocycles. The monoisotopic (exact) mass is 654 g/mol. The Bertz CT molecular complexity index is 594. The van der Waals surface area contributed by atoms with Crippen LogP contribution in [0.3, 0.4) is 0 Å². The maximum atomic E-state index is 11.4. The van der Waals surface area contributed by atoms with Crippen molar-refractivity contribution in [2.75, 3.05) is 47.4 Å². The van der Waals surface area contributed by atoms with E-state index in [4.69, 9.17) is 22.8 Å². The van der Waals surface area contributed by atoms with E-state index in [9.17, 15) is 10.1 Å². The van der Waals surface area contributed by atoms with Gasteiger partial charge < -0.3 is 13.3 Å². The van der Waals surface area contributed by atoms with Crippen LogP contribution in [0, 0.1) is 10.1 Å². The van der Waals surface area contributed by atoms with Gasteiger partial charge in [-0.25, -0.2) is 0 Å². The van der Waals surface area contributed by atoms with Gasteiger partial charge in [0.2, 0.25) is 0 Å². The van der Waals surface area contributed by atoms with E-state index in [2.05, 4.69) is 5.32 Å². The van der Waals surface area contributed by atoms with Gasteiger partial charge >= 0.3 is 120 Å². The summed E-state index contributed by atoms with van der Waals surface area (Å²) < 4.78 is 27.5. The van der Waals surface area contributed by atoms with Crippen molar-refractivity contribution in [3.63, 3.8) is 0 Å². The van der Waals surface area contributed by atoms with Crippen LogP contribution in [0.2, 0.25) is 6.04 Å². The molecule has 1 rings (SSSR count). The van der Waals surface area contributed by atoms with Crippen molar-refractivity contribution >= 4 is 20.2 Å². The number of nitro benzene ring substituents is 1. The molecule has 0 atom stereocenters. The van der Waals surface area contributed by atoms with E-state index in [0.29, 0.717) is 29.7 Å². The van der Waals surface area contributed by atoms with Crippen LogP contribution < -0.4 is 10.1 Å². The predicted molar refractivity (Wildman–Crippen MR) is 98.6 cm³/mol. The van der Waals surface area contributed by atoms with Crippen molar-refractivity contribution < 1.29 is 27.7 Å². The molecule has 0 heterocycles. The molecule has 0 aromatic heterocycles. The van der Waals surface area contributed by atoms with Gasteiger partial charge in [0.25, 0.3) is 0 Å². The fourth-order valence-electron chi connectivity index (χ4n) is 2.62. The minimum atomic E-state index is -2.56. The molecule has 0 fully saturated rings. The first-order valence-electron chi connectivity index (χ1n) is 8.58. The van der Waals surface area contributed by atoms with Gasteiger partial charge in [0.05, 0.1) is 0 Å². The first-order chi connectivity index (χ1) is 13.0. The van der Waals surface area contributed by atoms with Crippen molar-refractivity contribution in [1.82, 2.24) is 0 Å². The minimum absolute atomic E-state index is 0.0337. The zero-order chi connectivity index (χ0) is 20.3. The van der Waals surface area contributed by atoms with Gasteiger partial charge in [-0.1, -0.05) is 0 Å². The third kappa shape index (κ3) is 6.18. The van der Waals surface area contributed by atoms with E-state index in [1.807, 2.05) is 0 Å². The number of unbranched alkanes of at least 4 members (excludes halogenated alkanes) is 1. The topological polar surface area (TPSA) is 101 Å². The fraction of sp³-hybridized carbons (Fsp3) is 0.625. The molecule has 1 aromatic carbocycles. The van der Waals surface area contributed by atoms with Gasteiger partial charge in [-0.2, -0.15) is 0 Å². The summed E-state index contributed by atoms with van der Waals surface area (Å²) in [4.78, 5) is 11.0. The zero-order valence-corrected chi connectivity index (χ0v) is 23.8. The number of methoxy groups -OCH3 is 1. The van der Waals surface area contributed by atoms with E-state index < -0.39 is 13.7 Å². The van der Waals surface area contributed by atoms with Crippen LogP contribution in [0.15, 0.2) is 12.1 Å². The maximum absolute atomic E-state index is 11.4.